The lowest BCUT2D eigenvalue weighted by Gasteiger charge is -2.27. The summed E-state index contributed by atoms with van der Waals surface area (Å²) < 4.78 is 5.97. The van der Waals surface area contributed by atoms with E-state index in [-0.39, 0.29) is 12.2 Å². The number of fused-ring (bicyclic) bond motifs is 1. The quantitative estimate of drug-likeness (QED) is 0.741. The Kier molecular flexibility index (Phi) is 2.88. The number of aliphatic hydroxyl groups excluding tert-OH is 1. The van der Waals surface area contributed by atoms with Crippen molar-refractivity contribution < 1.29 is 9.84 Å². The summed E-state index contributed by atoms with van der Waals surface area (Å²) in [6, 6.07) is 0.348. The number of aliphatic hydroxyl groups is 1. The number of aliphatic imine (C=N–C) groups is 1. The molecule has 3 atom stereocenters. The molecule has 3 aliphatic rings. The van der Waals surface area contributed by atoms with Gasteiger partial charge in [0.25, 0.3) is 0 Å². The van der Waals surface area contributed by atoms with Crippen molar-refractivity contribution >= 4 is 5.90 Å². The van der Waals surface area contributed by atoms with E-state index >= 15 is 0 Å². The van der Waals surface area contributed by atoms with E-state index in [4.69, 9.17) is 9.73 Å². The second kappa shape index (κ2) is 4.36. The van der Waals surface area contributed by atoms with Crippen LogP contribution < -0.4 is 0 Å². The molecular formula is C13H21NO2. The summed E-state index contributed by atoms with van der Waals surface area (Å²) in [6.07, 6.45) is 9.22. The molecule has 1 heterocycles. The number of ether oxygens (including phenoxy) is 1. The molecule has 90 valence electrons. The van der Waals surface area contributed by atoms with Crippen molar-refractivity contribution in [2.45, 2.75) is 69.6 Å². The van der Waals surface area contributed by atoms with Gasteiger partial charge in [-0.1, -0.05) is 19.3 Å². The molecule has 3 nitrogen and oxygen atoms in total. The molecule has 3 unspecified atom stereocenters. The third-order valence-electron chi connectivity index (χ3n) is 4.25. The van der Waals surface area contributed by atoms with E-state index in [2.05, 4.69) is 0 Å². The van der Waals surface area contributed by atoms with Gasteiger partial charge in [-0.2, -0.15) is 0 Å². The van der Waals surface area contributed by atoms with Crippen molar-refractivity contribution in [1.82, 2.24) is 0 Å². The molecule has 0 radical (unpaired) electrons. The fraction of sp³-hybridized carbons (Fsp3) is 0.923. The minimum absolute atomic E-state index is 0.165. The van der Waals surface area contributed by atoms with Crippen LogP contribution >= 0.6 is 0 Å². The Balaban J connectivity index is 1.65. The molecule has 0 aromatic carbocycles. The maximum Gasteiger partial charge on any atom is 0.187 e. The van der Waals surface area contributed by atoms with Crippen LogP contribution in [0.15, 0.2) is 4.99 Å². The van der Waals surface area contributed by atoms with E-state index in [0.29, 0.717) is 12.0 Å². The van der Waals surface area contributed by atoms with Gasteiger partial charge < -0.3 is 9.84 Å². The van der Waals surface area contributed by atoms with Crippen LogP contribution in [0.2, 0.25) is 0 Å². The molecule has 0 bridgehead atoms. The molecule has 0 amide bonds. The van der Waals surface area contributed by atoms with Crippen molar-refractivity contribution in [3.05, 3.63) is 0 Å². The number of nitrogens with zero attached hydrogens (tertiary/aromatic N) is 1. The predicted octanol–water partition coefficient (Wildman–Crippen LogP) is 2.28. The zero-order valence-corrected chi connectivity index (χ0v) is 9.77. The highest BCUT2D eigenvalue weighted by Crippen LogP contribution is 2.34. The Labute approximate surface area is 96.9 Å². The minimum Gasteiger partial charge on any atom is -0.475 e. The van der Waals surface area contributed by atoms with Crippen LogP contribution in [0.3, 0.4) is 0 Å². The minimum atomic E-state index is -0.165. The maximum atomic E-state index is 9.62. The van der Waals surface area contributed by atoms with Gasteiger partial charge in [-0.15, -0.1) is 0 Å². The van der Waals surface area contributed by atoms with E-state index < -0.39 is 0 Å². The first kappa shape index (κ1) is 10.6. The van der Waals surface area contributed by atoms with Gasteiger partial charge in [0.1, 0.15) is 6.10 Å². The first-order valence-electron chi connectivity index (χ1n) is 6.75. The van der Waals surface area contributed by atoms with Crippen molar-refractivity contribution in [3.63, 3.8) is 0 Å². The smallest absolute Gasteiger partial charge is 0.187 e. The average Bonchev–Trinajstić information content (AvgIpc) is 2.73. The van der Waals surface area contributed by atoms with Gasteiger partial charge in [0.2, 0.25) is 0 Å². The van der Waals surface area contributed by atoms with Crippen LogP contribution in [0.1, 0.15) is 51.4 Å². The van der Waals surface area contributed by atoms with Gasteiger partial charge in [-0.05, 0) is 25.7 Å². The summed E-state index contributed by atoms with van der Waals surface area (Å²) in [5.74, 6) is 1.60. The van der Waals surface area contributed by atoms with Gasteiger partial charge in [-0.3, -0.25) is 0 Å². The molecule has 2 aliphatic carbocycles. The van der Waals surface area contributed by atoms with Crippen LogP contribution in [0.5, 0.6) is 0 Å². The van der Waals surface area contributed by atoms with Crippen LogP contribution in [0, 0.1) is 5.92 Å². The van der Waals surface area contributed by atoms with Gasteiger partial charge in [0.15, 0.2) is 5.90 Å². The van der Waals surface area contributed by atoms with E-state index in [1.54, 1.807) is 0 Å². The molecule has 16 heavy (non-hydrogen) atoms. The van der Waals surface area contributed by atoms with Crippen molar-refractivity contribution in [1.29, 1.82) is 0 Å². The summed E-state index contributed by atoms with van der Waals surface area (Å²) in [5.41, 5.74) is 0. The fourth-order valence-electron chi connectivity index (χ4n) is 3.27. The van der Waals surface area contributed by atoms with E-state index in [1.807, 2.05) is 0 Å². The lowest BCUT2D eigenvalue weighted by molar-refractivity contribution is 0.0474. The van der Waals surface area contributed by atoms with Crippen LogP contribution in [-0.2, 0) is 4.74 Å². The SMILES string of the molecule is OC1CCC2N=C(C3CCCCC3)OC2C1. The van der Waals surface area contributed by atoms with Crippen molar-refractivity contribution in [2.75, 3.05) is 0 Å². The highest BCUT2D eigenvalue weighted by Gasteiger charge is 2.38. The molecule has 0 spiro atoms. The molecule has 2 saturated carbocycles. The van der Waals surface area contributed by atoms with Crippen LogP contribution in [0.25, 0.3) is 0 Å². The highest BCUT2D eigenvalue weighted by molar-refractivity contribution is 5.80. The van der Waals surface area contributed by atoms with Crippen LogP contribution in [-0.4, -0.2) is 29.3 Å². The third kappa shape index (κ3) is 1.97. The Morgan fingerprint density at radius 2 is 1.88 bits per heavy atom. The molecule has 0 saturated heterocycles. The molecule has 2 fully saturated rings. The lowest BCUT2D eigenvalue weighted by Crippen LogP contribution is -2.33. The zero-order chi connectivity index (χ0) is 11.0. The molecule has 3 heteroatoms. The van der Waals surface area contributed by atoms with Gasteiger partial charge >= 0.3 is 0 Å². The molecule has 0 aromatic heterocycles. The first-order valence-corrected chi connectivity index (χ1v) is 6.75. The zero-order valence-electron chi connectivity index (χ0n) is 9.77. The van der Waals surface area contributed by atoms with E-state index in [9.17, 15) is 5.11 Å². The standard InChI is InChI=1S/C13H21NO2/c15-10-6-7-11-12(8-10)16-13(14-11)9-4-2-1-3-5-9/h9-12,15H,1-8H2. The van der Waals surface area contributed by atoms with Gasteiger partial charge in [0.05, 0.1) is 12.1 Å². The second-order valence-corrected chi connectivity index (χ2v) is 5.49. The van der Waals surface area contributed by atoms with Crippen molar-refractivity contribution in [3.8, 4) is 0 Å². The largest absolute Gasteiger partial charge is 0.475 e. The summed E-state index contributed by atoms with van der Waals surface area (Å²) in [4.78, 5) is 4.75. The van der Waals surface area contributed by atoms with Gasteiger partial charge in [-0.25, -0.2) is 4.99 Å². The summed E-state index contributed by atoms with van der Waals surface area (Å²) in [7, 11) is 0. The molecule has 0 aromatic rings. The Morgan fingerprint density at radius 1 is 1.06 bits per heavy atom. The summed E-state index contributed by atoms with van der Waals surface area (Å²) in [6.45, 7) is 0. The molecular weight excluding hydrogens is 202 g/mol. The number of hydrogen-bond acceptors (Lipinski definition) is 3. The number of hydrogen-bond donors (Lipinski definition) is 1. The lowest BCUT2D eigenvalue weighted by atomic mass is 9.89. The Bertz CT molecular complexity index is 284. The summed E-state index contributed by atoms with van der Waals surface area (Å²) in [5, 5.41) is 9.62. The Morgan fingerprint density at radius 3 is 2.69 bits per heavy atom. The monoisotopic (exact) mass is 223 g/mol. The average molecular weight is 223 g/mol. The second-order valence-electron chi connectivity index (χ2n) is 5.49. The highest BCUT2D eigenvalue weighted by atomic mass is 16.5. The Hall–Kier alpha value is -0.570. The molecule has 1 aliphatic heterocycles. The van der Waals surface area contributed by atoms with Crippen molar-refractivity contribution in [2.24, 2.45) is 10.9 Å². The topological polar surface area (TPSA) is 41.8 Å². The number of rotatable bonds is 1. The van der Waals surface area contributed by atoms with E-state index in [0.717, 1.165) is 25.2 Å². The fourth-order valence-corrected chi connectivity index (χ4v) is 3.27. The van der Waals surface area contributed by atoms with Gasteiger partial charge in [0, 0.05) is 12.3 Å². The van der Waals surface area contributed by atoms with E-state index in [1.165, 1.54) is 32.1 Å². The van der Waals surface area contributed by atoms with Crippen LogP contribution in [0.4, 0.5) is 0 Å². The normalized spacial score (nSPS) is 40.1. The molecule has 3 rings (SSSR count). The third-order valence-corrected chi connectivity index (χ3v) is 4.25. The maximum absolute atomic E-state index is 9.62. The molecule has 1 N–H and O–H groups in total. The first-order chi connectivity index (χ1) is 7.83. The predicted molar refractivity (Wildman–Crippen MR) is 62.5 cm³/mol. The summed E-state index contributed by atoms with van der Waals surface area (Å²) >= 11 is 0.